The summed E-state index contributed by atoms with van der Waals surface area (Å²) in [4.78, 5) is 21.2. The van der Waals surface area contributed by atoms with Crippen molar-refractivity contribution in [2.24, 2.45) is 0 Å². The van der Waals surface area contributed by atoms with Crippen LogP contribution in [0.4, 0.5) is 0 Å². The van der Waals surface area contributed by atoms with Gasteiger partial charge in [-0.2, -0.15) is 0 Å². The van der Waals surface area contributed by atoms with Gasteiger partial charge in [-0.25, -0.2) is 4.98 Å². The number of thiazole rings is 1. The minimum atomic E-state index is -0.462. The van der Waals surface area contributed by atoms with E-state index in [1.54, 1.807) is 6.20 Å². The van der Waals surface area contributed by atoms with Gasteiger partial charge in [0.05, 0.1) is 23.9 Å². The van der Waals surface area contributed by atoms with Crippen molar-refractivity contribution in [3.05, 3.63) is 16.1 Å². The molecule has 0 aromatic carbocycles. The molecular formula is C14H23N3O3S. The quantitative estimate of drug-likeness (QED) is 0.833. The fourth-order valence-corrected chi connectivity index (χ4v) is 3.10. The van der Waals surface area contributed by atoms with Crippen molar-refractivity contribution in [3.63, 3.8) is 0 Å². The van der Waals surface area contributed by atoms with E-state index in [1.165, 1.54) is 11.3 Å². The molecule has 21 heavy (non-hydrogen) atoms. The summed E-state index contributed by atoms with van der Waals surface area (Å²) in [5, 5.41) is 10.7. The Hall–Kier alpha value is -1.02. The van der Waals surface area contributed by atoms with Crippen molar-refractivity contribution in [2.45, 2.75) is 20.0 Å². The molecule has 0 spiro atoms. The number of β-amino-alcohol motifs (C(OH)–C–C–N with tert-alkyl or cyclic N) is 1. The second kappa shape index (κ2) is 7.84. The highest BCUT2D eigenvalue weighted by atomic mass is 32.1. The molecule has 0 aliphatic carbocycles. The number of nitrogens with zero attached hydrogens (tertiary/aromatic N) is 3. The van der Waals surface area contributed by atoms with Crippen LogP contribution in [0.15, 0.2) is 6.20 Å². The third kappa shape index (κ3) is 4.74. The molecule has 1 amide bonds. The smallest absolute Gasteiger partial charge is 0.265 e. The molecule has 0 radical (unpaired) electrons. The Labute approximate surface area is 129 Å². The highest BCUT2D eigenvalue weighted by Crippen LogP contribution is 2.15. The summed E-state index contributed by atoms with van der Waals surface area (Å²) in [6, 6.07) is 0. The van der Waals surface area contributed by atoms with E-state index in [0.717, 1.165) is 18.1 Å². The van der Waals surface area contributed by atoms with Gasteiger partial charge in [0.15, 0.2) is 0 Å². The molecule has 0 unspecified atom stereocenters. The van der Waals surface area contributed by atoms with Crippen molar-refractivity contribution in [1.82, 2.24) is 14.8 Å². The van der Waals surface area contributed by atoms with Crippen molar-refractivity contribution >= 4 is 17.2 Å². The molecule has 1 saturated heterocycles. The number of carbonyl (C=O) groups excluding carboxylic acids is 1. The van der Waals surface area contributed by atoms with E-state index in [9.17, 15) is 9.90 Å². The zero-order chi connectivity index (χ0) is 15.2. The Bertz CT molecular complexity index is 458. The summed E-state index contributed by atoms with van der Waals surface area (Å²) in [5.41, 5.74) is 0. The number of aliphatic hydroxyl groups excluding tert-OH is 1. The summed E-state index contributed by atoms with van der Waals surface area (Å²) >= 11 is 1.44. The van der Waals surface area contributed by atoms with Gasteiger partial charge in [-0.15, -0.1) is 11.3 Å². The minimum Gasteiger partial charge on any atom is -0.389 e. The predicted octanol–water partition coefficient (Wildman–Crippen LogP) is 0.607. The maximum absolute atomic E-state index is 12.3. The van der Waals surface area contributed by atoms with Crippen molar-refractivity contribution in [3.8, 4) is 0 Å². The van der Waals surface area contributed by atoms with Gasteiger partial charge in [0, 0.05) is 39.3 Å². The molecular weight excluding hydrogens is 290 g/mol. The van der Waals surface area contributed by atoms with Gasteiger partial charge in [-0.05, 0) is 13.8 Å². The Morgan fingerprint density at radius 1 is 1.48 bits per heavy atom. The fourth-order valence-electron chi connectivity index (χ4n) is 2.35. The summed E-state index contributed by atoms with van der Waals surface area (Å²) in [5.74, 6) is 0.0649. The van der Waals surface area contributed by atoms with Crippen molar-refractivity contribution < 1.29 is 14.6 Å². The van der Waals surface area contributed by atoms with Gasteiger partial charge in [0.2, 0.25) is 0 Å². The number of rotatable bonds is 6. The second-order valence-electron chi connectivity index (χ2n) is 5.15. The van der Waals surface area contributed by atoms with Crippen LogP contribution in [0.3, 0.4) is 0 Å². The van der Waals surface area contributed by atoms with Crippen LogP contribution in [-0.2, 0) is 4.74 Å². The van der Waals surface area contributed by atoms with Crippen LogP contribution in [0.1, 0.15) is 21.6 Å². The number of ether oxygens (including phenoxy) is 1. The lowest BCUT2D eigenvalue weighted by Gasteiger charge is -2.35. The van der Waals surface area contributed by atoms with Gasteiger partial charge in [-0.1, -0.05) is 0 Å². The molecule has 118 valence electrons. The standard InChI is InChI=1S/C14H23N3O3S/c1-3-20-10-12(18)9-16-4-6-17(7-5-16)14(19)13-8-15-11(2)21-13/h8,12,18H,3-7,9-10H2,1-2H3/t12-/m1/s1. The molecule has 1 fully saturated rings. The monoisotopic (exact) mass is 313 g/mol. The number of piperazine rings is 1. The number of aryl methyl sites for hydroxylation is 1. The number of hydrogen-bond donors (Lipinski definition) is 1. The van der Waals surface area contributed by atoms with E-state index in [0.29, 0.717) is 37.7 Å². The van der Waals surface area contributed by atoms with Crippen LogP contribution in [0.25, 0.3) is 0 Å². The Balaban J connectivity index is 1.76. The molecule has 1 aliphatic rings. The summed E-state index contributed by atoms with van der Waals surface area (Å²) in [7, 11) is 0. The molecule has 6 nitrogen and oxygen atoms in total. The maximum Gasteiger partial charge on any atom is 0.265 e. The third-order valence-corrected chi connectivity index (χ3v) is 4.38. The average molecular weight is 313 g/mol. The zero-order valence-corrected chi connectivity index (χ0v) is 13.4. The highest BCUT2D eigenvalue weighted by Gasteiger charge is 2.24. The predicted molar refractivity (Wildman–Crippen MR) is 81.7 cm³/mol. The molecule has 0 bridgehead atoms. The van der Waals surface area contributed by atoms with Crippen LogP contribution in [-0.4, -0.2) is 77.8 Å². The van der Waals surface area contributed by atoms with Crippen LogP contribution >= 0.6 is 11.3 Å². The SMILES string of the molecule is CCOC[C@H](O)CN1CCN(C(=O)c2cnc(C)s2)CC1. The van der Waals surface area contributed by atoms with Gasteiger partial charge >= 0.3 is 0 Å². The van der Waals surface area contributed by atoms with Gasteiger partial charge < -0.3 is 14.7 Å². The van der Waals surface area contributed by atoms with E-state index in [-0.39, 0.29) is 5.91 Å². The number of amides is 1. The average Bonchev–Trinajstić information content (AvgIpc) is 2.92. The molecule has 7 heteroatoms. The Morgan fingerprint density at radius 3 is 2.76 bits per heavy atom. The first-order valence-electron chi connectivity index (χ1n) is 7.30. The summed E-state index contributed by atoms with van der Waals surface area (Å²) in [6.45, 7) is 8.36. The van der Waals surface area contributed by atoms with E-state index >= 15 is 0 Å². The number of aromatic nitrogens is 1. The molecule has 1 aromatic heterocycles. The first-order chi connectivity index (χ1) is 10.1. The molecule has 2 rings (SSSR count). The van der Waals surface area contributed by atoms with Gasteiger partial charge in [0.1, 0.15) is 4.88 Å². The summed E-state index contributed by atoms with van der Waals surface area (Å²) in [6.07, 6.45) is 1.19. The molecule has 1 atom stereocenters. The fraction of sp³-hybridized carbons (Fsp3) is 0.714. The van der Waals surface area contributed by atoms with Crippen LogP contribution < -0.4 is 0 Å². The summed E-state index contributed by atoms with van der Waals surface area (Å²) < 4.78 is 5.21. The largest absolute Gasteiger partial charge is 0.389 e. The first-order valence-corrected chi connectivity index (χ1v) is 8.11. The first kappa shape index (κ1) is 16.4. The normalized spacial score (nSPS) is 18.0. The van der Waals surface area contributed by atoms with Gasteiger partial charge in [0.25, 0.3) is 5.91 Å². The van der Waals surface area contributed by atoms with E-state index < -0.39 is 6.10 Å². The van der Waals surface area contributed by atoms with E-state index in [1.807, 2.05) is 18.7 Å². The van der Waals surface area contributed by atoms with Crippen LogP contribution in [0.2, 0.25) is 0 Å². The molecule has 1 aliphatic heterocycles. The lowest BCUT2D eigenvalue weighted by atomic mass is 10.2. The van der Waals surface area contributed by atoms with Crippen molar-refractivity contribution in [2.75, 3.05) is 45.9 Å². The highest BCUT2D eigenvalue weighted by molar-refractivity contribution is 7.13. The van der Waals surface area contributed by atoms with Gasteiger partial charge in [-0.3, -0.25) is 9.69 Å². The molecule has 0 saturated carbocycles. The molecule has 2 heterocycles. The molecule has 1 N–H and O–H groups in total. The Kier molecular flexibility index (Phi) is 6.10. The lowest BCUT2D eigenvalue weighted by Crippen LogP contribution is -2.50. The maximum atomic E-state index is 12.3. The molecule has 1 aromatic rings. The number of hydrogen-bond acceptors (Lipinski definition) is 6. The zero-order valence-electron chi connectivity index (χ0n) is 12.6. The second-order valence-corrected chi connectivity index (χ2v) is 6.38. The van der Waals surface area contributed by atoms with E-state index in [4.69, 9.17) is 4.74 Å². The third-order valence-electron chi connectivity index (χ3n) is 3.47. The topological polar surface area (TPSA) is 65.9 Å². The minimum absolute atomic E-state index is 0.0649. The lowest BCUT2D eigenvalue weighted by molar-refractivity contribution is 0.0112. The van der Waals surface area contributed by atoms with Crippen LogP contribution in [0, 0.1) is 6.92 Å². The van der Waals surface area contributed by atoms with E-state index in [2.05, 4.69) is 9.88 Å². The van der Waals surface area contributed by atoms with Crippen LogP contribution in [0.5, 0.6) is 0 Å². The number of aliphatic hydroxyl groups is 1. The van der Waals surface area contributed by atoms with Crippen molar-refractivity contribution in [1.29, 1.82) is 0 Å². The number of carbonyl (C=O) groups is 1. The Morgan fingerprint density at radius 2 is 2.19 bits per heavy atom.